The molecule has 0 amide bonds. The van der Waals surface area contributed by atoms with Gasteiger partial charge in [0.05, 0.1) is 0 Å². The van der Waals surface area contributed by atoms with Crippen LogP contribution in [-0.4, -0.2) is 12.2 Å². The zero-order chi connectivity index (χ0) is 13.8. The molecule has 0 bridgehead atoms. The number of benzene rings is 2. The molecule has 98 valence electrons. The number of rotatable bonds is 2. The molecule has 2 aromatic rings. The standard InChI is InChI=1S/C16H18N2S/c1-12-8-7-11-15(13(12)2)17-16(19)18(3)14-9-5-4-6-10-14/h4-11H,1-3H3,(H,17,19). The third-order valence-corrected chi connectivity index (χ3v) is 3.67. The van der Waals surface area contributed by atoms with Crippen molar-refractivity contribution in [3.8, 4) is 0 Å². The number of hydrogen-bond donors (Lipinski definition) is 1. The van der Waals surface area contributed by atoms with E-state index >= 15 is 0 Å². The van der Waals surface area contributed by atoms with Gasteiger partial charge in [-0.05, 0) is 55.4 Å². The number of hydrogen-bond acceptors (Lipinski definition) is 1. The first-order valence-electron chi connectivity index (χ1n) is 6.25. The molecule has 19 heavy (non-hydrogen) atoms. The summed E-state index contributed by atoms with van der Waals surface area (Å²) in [7, 11) is 1.97. The van der Waals surface area contributed by atoms with Gasteiger partial charge in [-0.2, -0.15) is 0 Å². The second-order valence-electron chi connectivity index (χ2n) is 4.57. The monoisotopic (exact) mass is 270 g/mol. The maximum absolute atomic E-state index is 5.46. The molecule has 0 saturated heterocycles. The second kappa shape index (κ2) is 5.85. The Hall–Kier alpha value is -1.87. The second-order valence-corrected chi connectivity index (χ2v) is 4.96. The van der Waals surface area contributed by atoms with Crippen LogP contribution >= 0.6 is 12.2 Å². The zero-order valence-electron chi connectivity index (χ0n) is 11.5. The minimum absolute atomic E-state index is 0.694. The van der Waals surface area contributed by atoms with E-state index in [2.05, 4.69) is 25.2 Å². The van der Waals surface area contributed by atoms with Gasteiger partial charge in [-0.3, -0.25) is 0 Å². The van der Waals surface area contributed by atoms with Crippen molar-refractivity contribution in [2.45, 2.75) is 13.8 Å². The van der Waals surface area contributed by atoms with Crippen LogP contribution in [0, 0.1) is 13.8 Å². The maximum Gasteiger partial charge on any atom is 0.177 e. The van der Waals surface area contributed by atoms with E-state index in [0.29, 0.717) is 5.11 Å². The molecule has 2 rings (SSSR count). The molecule has 0 saturated carbocycles. The van der Waals surface area contributed by atoms with Gasteiger partial charge >= 0.3 is 0 Å². The highest BCUT2D eigenvalue weighted by molar-refractivity contribution is 7.80. The van der Waals surface area contributed by atoms with E-state index in [1.54, 1.807) is 0 Å². The van der Waals surface area contributed by atoms with Gasteiger partial charge in [0.2, 0.25) is 0 Å². The van der Waals surface area contributed by atoms with E-state index in [4.69, 9.17) is 12.2 Å². The van der Waals surface area contributed by atoms with Crippen LogP contribution in [-0.2, 0) is 0 Å². The molecule has 0 unspecified atom stereocenters. The molecule has 0 heterocycles. The van der Waals surface area contributed by atoms with Gasteiger partial charge in [-0.1, -0.05) is 30.3 Å². The molecule has 0 aliphatic rings. The predicted molar refractivity (Wildman–Crippen MR) is 87.0 cm³/mol. The van der Waals surface area contributed by atoms with E-state index in [-0.39, 0.29) is 0 Å². The van der Waals surface area contributed by atoms with Crippen LogP contribution in [0.1, 0.15) is 11.1 Å². The number of para-hydroxylation sites is 1. The fourth-order valence-corrected chi connectivity index (χ4v) is 2.07. The average Bonchev–Trinajstić information content (AvgIpc) is 2.44. The van der Waals surface area contributed by atoms with Crippen molar-refractivity contribution in [3.63, 3.8) is 0 Å². The van der Waals surface area contributed by atoms with Crippen molar-refractivity contribution in [1.82, 2.24) is 0 Å². The van der Waals surface area contributed by atoms with Crippen molar-refractivity contribution in [2.75, 3.05) is 17.3 Å². The summed E-state index contributed by atoms with van der Waals surface area (Å²) in [6, 6.07) is 16.3. The van der Waals surface area contributed by atoms with Crippen molar-refractivity contribution in [3.05, 3.63) is 59.7 Å². The number of nitrogens with one attached hydrogen (secondary N) is 1. The molecular weight excluding hydrogens is 252 g/mol. The van der Waals surface area contributed by atoms with Gasteiger partial charge in [0.25, 0.3) is 0 Å². The number of aryl methyl sites for hydroxylation is 1. The van der Waals surface area contributed by atoms with Crippen LogP contribution in [0.25, 0.3) is 0 Å². The summed E-state index contributed by atoms with van der Waals surface area (Å²) in [5.41, 5.74) is 4.62. The first kappa shape index (κ1) is 13.6. The Morgan fingerprint density at radius 3 is 2.37 bits per heavy atom. The minimum Gasteiger partial charge on any atom is -0.332 e. The summed E-state index contributed by atoms with van der Waals surface area (Å²) >= 11 is 5.46. The SMILES string of the molecule is Cc1cccc(NC(=S)N(C)c2ccccc2)c1C. The van der Waals surface area contributed by atoms with E-state index in [1.165, 1.54) is 11.1 Å². The molecule has 0 aromatic heterocycles. The van der Waals surface area contributed by atoms with Crippen LogP contribution in [0.3, 0.4) is 0 Å². The lowest BCUT2D eigenvalue weighted by molar-refractivity contribution is 1.27. The minimum atomic E-state index is 0.694. The summed E-state index contributed by atoms with van der Waals surface area (Å²) in [6.07, 6.45) is 0. The number of thiocarbonyl (C=S) groups is 1. The van der Waals surface area contributed by atoms with E-state index < -0.39 is 0 Å². The lowest BCUT2D eigenvalue weighted by Gasteiger charge is -2.22. The number of nitrogens with zero attached hydrogens (tertiary/aromatic N) is 1. The molecule has 0 radical (unpaired) electrons. The van der Waals surface area contributed by atoms with Gasteiger partial charge in [0.1, 0.15) is 0 Å². The van der Waals surface area contributed by atoms with Gasteiger partial charge in [-0.25, -0.2) is 0 Å². The maximum atomic E-state index is 5.46. The predicted octanol–water partition coefficient (Wildman–Crippen LogP) is 4.14. The Kier molecular flexibility index (Phi) is 4.17. The molecule has 0 aliphatic heterocycles. The Bertz CT molecular complexity index is 579. The average molecular weight is 270 g/mol. The topological polar surface area (TPSA) is 15.3 Å². The third-order valence-electron chi connectivity index (χ3n) is 3.29. The van der Waals surface area contributed by atoms with E-state index in [0.717, 1.165) is 11.4 Å². The summed E-state index contributed by atoms with van der Waals surface area (Å²) in [5, 5.41) is 4.00. The molecule has 2 aromatic carbocycles. The van der Waals surface area contributed by atoms with Crippen LogP contribution in [0.2, 0.25) is 0 Å². The third kappa shape index (κ3) is 3.12. The highest BCUT2D eigenvalue weighted by Gasteiger charge is 2.08. The van der Waals surface area contributed by atoms with Crippen LogP contribution in [0.5, 0.6) is 0 Å². The quantitative estimate of drug-likeness (QED) is 0.826. The van der Waals surface area contributed by atoms with Crippen molar-refractivity contribution < 1.29 is 0 Å². The van der Waals surface area contributed by atoms with Gasteiger partial charge in [0, 0.05) is 18.4 Å². The fraction of sp³-hybridized carbons (Fsp3) is 0.188. The molecule has 0 spiro atoms. The number of anilines is 2. The van der Waals surface area contributed by atoms with Crippen LogP contribution < -0.4 is 10.2 Å². The van der Waals surface area contributed by atoms with E-state index in [9.17, 15) is 0 Å². The van der Waals surface area contributed by atoms with Crippen molar-refractivity contribution >= 4 is 28.7 Å². The lowest BCUT2D eigenvalue weighted by Crippen LogP contribution is -2.31. The molecule has 0 aliphatic carbocycles. The van der Waals surface area contributed by atoms with Gasteiger partial charge in [0.15, 0.2) is 5.11 Å². The van der Waals surface area contributed by atoms with Crippen molar-refractivity contribution in [1.29, 1.82) is 0 Å². The Morgan fingerprint density at radius 2 is 1.68 bits per heavy atom. The Balaban J connectivity index is 2.15. The Morgan fingerprint density at radius 1 is 1.00 bits per heavy atom. The molecule has 0 fully saturated rings. The smallest absolute Gasteiger partial charge is 0.177 e. The van der Waals surface area contributed by atoms with Gasteiger partial charge in [-0.15, -0.1) is 0 Å². The van der Waals surface area contributed by atoms with Crippen molar-refractivity contribution in [2.24, 2.45) is 0 Å². The molecular formula is C16H18N2S. The molecule has 1 N–H and O–H groups in total. The molecule has 2 nitrogen and oxygen atoms in total. The highest BCUT2D eigenvalue weighted by Crippen LogP contribution is 2.19. The fourth-order valence-electron chi connectivity index (χ4n) is 1.85. The summed E-state index contributed by atoms with van der Waals surface area (Å²) in [6.45, 7) is 4.20. The zero-order valence-corrected chi connectivity index (χ0v) is 12.3. The molecule has 0 atom stereocenters. The summed E-state index contributed by atoms with van der Waals surface area (Å²) in [5.74, 6) is 0. The van der Waals surface area contributed by atoms with E-state index in [1.807, 2.05) is 54.4 Å². The first-order valence-corrected chi connectivity index (χ1v) is 6.66. The van der Waals surface area contributed by atoms with Crippen LogP contribution in [0.4, 0.5) is 11.4 Å². The summed E-state index contributed by atoms with van der Waals surface area (Å²) in [4.78, 5) is 1.97. The first-order chi connectivity index (χ1) is 9.09. The van der Waals surface area contributed by atoms with Crippen LogP contribution in [0.15, 0.2) is 48.5 Å². The normalized spacial score (nSPS) is 10.1. The highest BCUT2D eigenvalue weighted by atomic mass is 32.1. The molecule has 3 heteroatoms. The summed E-state index contributed by atoms with van der Waals surface area (Å²) < 4.78 is 0. The Labute approximate surface area is 120 Å². The van der Waals surface area contributed by atoms with Gasteiger partial charge < -0.3 is 10.2 Å². The largest absolute Gasteiger partial charge is 0.332 e. The lowest BCUT2D eigenvalue weighted by atomic mass is 10.1.